The van der Waals surface area contributed by atoms with Gasteiger partial charge in [0.2, 0.25) is 0 Å². The fourth-order valence-electron chi connectivity index (χ4n) is 2.19. The lowest BCUT2D eigenvalue weighted by molar-refractivity contribution is -0.132. The van der Waals surface area contributed by atoms with Crippen LogP contribution in [0.1, 0.15) is 58.1 Å². The molecule has 3 nitrogen and oxygen atoms in total. The number of unbranched alkanes of at least 4 members (excludes halogenated alkanes) is 1. The van der Waals surface area contributed by atoms with Crippen molar-refractivity contribution in [2.24, 2.45) is 5.92 Å². The highest BCUT2D eigenvalue weighted by Crippen LogP contribution is 2.22. The Balaban J connectivity index is 2.57. The number of hydrogen-bond acceptors (Lipinski definition) is 2. The first kappa shape index (κ1) is 15.5. The van der Waals surface area contributed by atoms with E-state index in [2.05, 4.69) is 13.8 Å². The molecule has 0 saturated carbocycles. The minimum atomic E-state index is -0.846. The van der Waals surface area contributed by atoms with Crippen LogP contribution in [0.15, 0.2) is 28.4 Å². The second kappa shape index (κ2) is 8.57. The van der Waals surface area contributed by atoms with Crippen molar-refractivity contribution in [2.45, 2.75) is 52.4 Å². The maximum Gasteiger partial charge on any atom is 0.331 e. The third kappa shape index (κ3) is 5.77. The lowest BCUT2D eigenvalue weighted by atomic mass is 9.92. The summed E-state index contributed by atoms with van der Waals surface area (Å²) in [7, 11) is 0. The van der Waals surface area contributed by atoms with Crippen LogP contribution in [-0.2, 0) is 4.79 Å². The van der Waals surface area contributed by atoms with Crippen LogP contribution in [0.5, 0.6) is 0 Å². The van der Waals surface area contributed by atoms with Crippen molar-refractivity contribution >= 4 is 12.0 Å². The van der Waals surface area contributed by atoms with Crippen LogP contribution in [0.3, 0.4) is 0 Å². The highest BCUT2D eigenvalue weighted by Gasteiger charge is 2.12. The van der Waals surface area contributed by atoms with Gasteiger partial charge in [0, 0.05) is 5.57 Å². The number of aliphatic carboxylic acids is 1. The van der Waals surface area contributed by atoms with E-state index in [1.807, 2.05) is 0 Å². The summed E-state index contributed by atoms with van der Waals surface area (Å²) in [6.45, 7) is 4.36. The molecule has 1 rings (SSSR count). The van der Waals surface area contributed by atoms with Crippen molar-refractivity contribution in [3.8, 4) is 0 Å². The summed E-state index contributed by atoms with van der Waals surface area (Å²) in [6.07, 6.45) is 9.48. The zero-order valence-electron chi connectivity index (χ0n) is 11.9. The highest BCUT2D eigenvalue weighted by atomic mass is 16.4. The van der Waals surface area contributed by atoms with Gasteiger partial charge in [0.15, 0.2) is 0 Å². The fraction of sp³-hybridized carbons (Fsp3) is 0.562. The van der Waals surface area contributed by atoms with Gasteiger partial charge in [-0.05, 0) is 37.0 Å². The summed E-state index contributed by atoms with van der Waals surface area (Å²) in [5.74, 6) is 0.389. The summed E-state index contributed by atoms with van der Waals surface area (Å²) >= 11 is 0. The van der Waals surface area contributed by atoms with Crippen molar-refractivity contribution in [3.05, 3.63) is 29.7 Å². The quantitative estimate of drug-likeness (QED) is 0.655. The van der Waals surface area contributed by atoms with Crippen molar-refractivity contribution in [2.75, 3.05) is 0 Å². The molecule has 1 unspecified atom stereocenters. The van der Waals surface area contributed by atoms with Crippen LogP contribution >= 0.6 is 0 Å². The fourth-order valence-corrected chi connectivity index (χ4v) is 2.19. The summed E-state index contributed by atoms with van der Waals surface area (Å²) in [5, 5.41) is 9.22. The Morgan fingerprint density at radius 2 is 2.21 bits per heavy atom. The molecule has 0 aliphatic carbocycles. The van der Waals surface area contributed by atoms with E-state index >= 15 is 0 Å². The van der Waals surface area contributed by atoms with Crippen LogP contribution in [0, 0.1) is 5.92 Å². The van der Waals surface area contributed by atoms with Gasteiger partial charge in [0.1, 0.15) is 5.76 Å². The number of carboxylic acids is 1. The van der Waals surface area contributed by atoms with Gasteiger partial charge in [-0.1, -0.05) is 39.5 Å². The first-order chi connectivity index (χ1) is 9.17. The van der Waals surface area contributed by atoms with Crippen LogP contribution in [0.4, 0.5) is 0 Å². The molecule has 1 aromatic heterocycles. The molecule has 0 aliphatic rings. The standard InChI is InChI=1S/C16H24O3/c1-3-5-7-13(4-2)9-10-14(16(17)18)12-15-8-6-11-19-15/h6,8,11-13H,3-5,7,9-10H2,1-2H3,(H,17,18). The molecule has 19 heavy (non-hydrogen) atoms. The molecule has 0 amide bonds. The molecular weight excluding hydrogens is 240 g/mol. The lowest BCUT2D eigenvalue weighted by Gasteiger charge is -2.14. The molecule has 0 spiro atoms. The van der Waals surface area contributed by atoms with Gasteiger partial charge in [-0.15, -0.1) is 0 Å². The average Bonchev–Trinajstić information content (AvgIpc) is 2.90. The van der Waals surface area contributed by atoms with Gasteiger partial charge in [0.05, 0.1) is 6.26 Å². The van der Waals surface area contributed by atoms with E-state index in [1.54, 1.807) is 24.5 Å². The lowest BCUT2D eigenvalue weighted by Crippen LogP contribution is -2.05. The van der Waals surface area contributed by atoms with Gasteiger partial charge in [-0.3, -0.25) is 0 Å². The predicted molar refractivity (Wildman–Crippen MR) is 76.9 cm³/mol. The average molecular weight is 264 g/mol. The van der Waals surface area contributed by atoms with Crippen molar-refractivity contribution < 1.29 is 14.3 Å². The maximum atomic E-state index is 11.2. The summed E-state index contributed by atoms with van der Waals surface area (Å²) in [4.78, 5) is 11.2. The van der Waals surface area contributed by atoms with Crippen molar-refractivity contribution in [3.63, 3.8) is 0 Å². The molecule has 0 aliphatic heterocycles. The van der Waals surface area contributed by atoms with E-state index in [-0.39, 0.29) is 0 Å². The molecule has 1 aromatic rings. The molecule has 0 aromatic carbocycles. The van der Waals surface area contributed by atoms with Crippen LogP contribution in [0.2, 0.25) is 0 Å². The van der Waals surface area contributed by atoms with Gasteiger partial charge in [-0.2, -0.15) is 0 Å². The Morgan fingerprint density at radius 1 is 1.42 bits per heavy atom. The second-order valence-electron chi connectivity index (χ2n) is 4.95. The van der Waals surface area contributed by atoms with Crippen LogP contribution in [0.25, 0.3) is 6.08 Å². The zero-order chi connectivity index (χ0) is 14.1. The van der Waals surface area contributed by atoms with E-state index in [0.717, 1.165) is 12.8 Å². The first-order valence-electron chi connectivity index (χ1n) is 7.14. The molecule has 0 bridgehead atoms. The SMILES string of the molecule is CCCCC(CC)CCC(=Cc1ccco1)C(=O)O. The Kier molecular flexibility index (Phi) is 7.01. The molecule has 0 radical (unpaired) electrons. The Bertz CT molecular complexity index is 390. The van der Waals surface area contributed by atoms with Gasteiger partial charge in [0.25, 0.3) is 0 Å². The van der Waals surface area contributed by atoms with E-state index < -0.39 is 5.97 Å². The summed E-state index contributed by atoms with van der Waals surface area (Å²) in [5.41, 5.74) is 0.435. The van der Waals surface area contributed by atoms with Crippen LogP contribution in [-0.4, -0.2) is 11.1 Å². The summed E-state index contributed by atoms with van der Waals surface area (Å²) < 4.78 is 5.17. The second-order valence-corrected chi connectivity index (χ2v) is 4.95. The number of rotatable bonds is 9. The normalized spacial score (nSPS) is 13.5. The first-order valence-corrected chi connectivity index (χ1v) is 7.14. The minimum Gasteiger partial charge on any atom is -0.478 e. The van der Waals surface area contributed by atoms with E-state index in [4.69, 9.17) is 4.42 Å². The molecule has 0 saturated heterocycles. The summed E-state index contributed by atoms with van der Waals surface area (Å²) in [6, 6.07) is 3.54. The maximum absolute atomic E-state index is 11.2. The monoisotopic (exact) mass is 264 g/mol. The molecule has 0 fully saturated rings. The van der Waals surface area contributed by atoms with Gasteiger partial charge < -0.3 is 9.52 Å². The highest BCUT2D eigenvalue weighted by molar-refractivity contribution is 5.91. The zero-order valence-corrected chi connectivity index (χ0v) is 11.9. The smallest absolute Gasteiger partial charge is 0.331 e. The van der Waals surface area contributed by atoms with Gasteiger partial charge in [-0.25, -0.2) is 4.79 Å². The molecule has 106 valence electrons. The number of carbonyl (C=O) groups is 1. The van der Waals surface area contributed by atoms with Crippen molar-refractivity contribution in [1.29, 1.82) is 0 Å². The molecule has 1 heterocycles. The number of hydrogen-bond donors (Lipinski definition) is 1. The van der Waals surface area contributed by atoms with Crippen molar-refractivity contribution in [1.82, 2.24) is 0 Å². The third-order valence-corrected chi connectivity index (χ3v) is 3.50. The van der Waals surface area contributed by atoms with E-state index in [0.29, 0.717) is 23.7 Å². The Morgan fingerprint density at radius 3 is 2.74 bits per heavy atom. The number of carboxylic acid groups (broad SMARTS) is 1. The number of furan rings is 1. The minimum absolute atomic E-state index is 0.435. The molecule has 3 heteroatoms. The Hall–Kier alpha value is -1.51. The molecule has 1 N–H and O–H groups in total. The predicted octanol–water partition coefficient (Wildman–Crippen LogP) is 4.74. The molecular formula is C16H24O3. The van der Waals surface area contributed by atoms with E-state index in [9.17, 15) is 9.90 Å². The van der Waals surface area contributed by atoms with Crippen LogP contribution < -0.4 is 0 Å². The Labute approximate surface area is 115 Å². The molecule has 1 atom stereocenters. The third-order valence-electron chi connectivity index (χ3n) is 3.50. The largest absolute Gasteiger partial charge is 0.478 e. The van der Waals surface area contributed by atoms with Gasteiger partial charge >= 0.3 is 5.97 Å². The van der Waals surface area contributed by atoms with E-state index in [1.165, 1.54) is 19.3 Å². The topological polar surface area (TPSA) is 50.4 Å².